The first-order chi connectivity index (χ1) is 9.35. The second kappa shape index (κ2) is 7.26. The first-order valence-electron chi connectivity index (χ1n) is 6.43. The standard InChI is InChI=1S/C14H20ClN3O2/c1-8(2)6-11(16)14(20)18-12-7-9(13(19)17-3)4-5-10(12)15/h4-5,7-8,11H,6,16H2,1-3H3,(H,17,19)(H,18,20)/t11-/m1/s1. The van der Waals surface area contributed by atoms with Crippen LogP contribution in [0.3, 0.4) is 0 Å². The lowest BCUT2D eigenvalue weighted by atomic mass is 10.0. The van der Waals surface area contributed by atoms with Gasteiger partial charge in [-0.2, -0.15) is 0 Å². The highest BCUT2D eigenvalue weighted by Gasteiger charge is 2.17. The van der Waals surface area contributed by atoms with E-state index in [0.717, 1.165) is 0 Å². The molecule has 0 bridgehead atoms. The number of carbonyl (C=O) groups is 2. The molecule has 0 saturated heterocycles. The van der Waals surface area contributed by atoms with Crippen molar-refractivity contribution < 1.29 is 9.59 Å². The highest BCUT2D eigenvalue weighted by Crippen LogP contribution is 2.23. The Hall–Kier alpha value is -1.59. The molecule has 0 aromatic heterocycles. The van der Waals surface area contributed by atoms with Crippen LogP contribution in [0.5, 0.6) is 0 Å². The van der Waals surface area contributed by atoms with E-state index in [2.05, 4.69) is 10.6 Å². The maximum atomic E-state index is 12.0. The Labute approximate surface area is 123 Å². The minimum atomic E-state index is -0.602. The Bertz CT molecular complexity index is 503. The van der Waals surface area contributed by atoms with E-state index in [-0.39, 0.29) is 11.8 Å². The van der Waals surface area contributed by atoms with Crippen molar-refractivity contribution in [3.05, 3.63) is 28.8 Å². The fourth-order valence-corrected chi connectivity index (χ4v) is 1.91. The minimum Gasteiger partial charge on any atom is -0.355 e. The molecule has 0 aliphatic carbocycles. The second-order valence-electron chi connectivity index (χ2n) is 5.00. The molecule has 0 aliphatic heterocycles. The van der Waals surface area contributed by atoms with Gasteiger partial charge in [0.05, 0.1) is 16.8 Å². The van der Waals surface area contributed by atoms with Gasteiger partial charge in [0.2, 0.25) is 5.91 Å². The van der Waals surface area contributed by atoms with Gasteiger partial charge in [-0.05, 0) is 30.5 Å². The average molecular weight is 298 g/mol. The van der Waals surface area contributed by atoms with Gasteiger partial charge in [-0.3, -0.25) is 9.59 Å². The van der Waals surface area contributed by atoms with E-state index in [1.165, 1.54) is 13.1 Å². The van der Waals surface area contributed by atoms with E-state index in [4.69, 9.17) is 17.3 Å². The van der Waals surface area contributed by atoms with Gasteiger partial charge in [0.25, 0.3) is 5.91 Å². The highest BCUT2D eigenvalue weighted by molar-refractivity contribution is 6.34. The molecule has 0 spiro atoms. The molecule has 0 aliphatic rings. The Morgan fingerprint density at radius 3 is 2.55 bits per heavy atom. The maximum Gasteiger partial charge on any atom is 0.251 e. The van der Waals surface area contributed by atoms with Crippen LogP contribution in [0.15, 0.2) is 18.2 Å². The topological polar surface area (TPSA) is 84.2 Å². The van der Waals surface area contributed by atoms with Crippen LogP contribution in [0, 0.1) is 5.92 Å². The van der Waals surface area contributed by atoms with Crippen molar-refractivity contribution in [3.8, 4) is 0 Å². The quantitative estimate of drug-likeness (QED) is 0.777. The summed E-state index contributed by atoms with van der Waals surface area (Å²) in [4.78, 5) is 23.5. The predicted octanol–water partition coefficient (Wildman–Crippen LogP) is 2.01. The minimum absolute atomic E-state index is 0.247. The molecule has 6 heteroatoms. The average Bonchev–Trinajstić information content (AvgIpc) is 2.39. The van der Waals surface area contributed by atoms with Crippen molar-refractivity contribution in [2.24, 2.45) is 11.7 Å². The summed E-state index contributed by atoms with van der Waals surface area (Å²) in [6.07, 6.45) is 0.582. The molecule has 4 N–H and O–H groups in total. The van der Waals surface area contributed by atoms with Crippen LogP contribution in [0.2, 0.25) is 5.02 Å². The number of anilines is 1. The third-order valence-corrected chi connectivity index (χ3v) is 3.11. The van der Waals surface area contributed by atoms with E-state index < -0.39 is 6.04 Å². The van der Waals surface area contributed by atoms with Crippen molar-refractivity contribution in [3.63, 3.8) is 0 Å². The number of halogens is 1. The molecule has 0 radical (unpaired) electrons. The number of rotatable bonds is 5. The van der Waals surface area contributed by atoms with Crippen LogP contribution < -0.4 is 16.4 Å². The SMILES string of the molecule is CNC(=O)c1ccc(Cl)c(NC(=O)[C@H](N)CC(C)C)c1. The van der Waals surface area contributed by atoms with Gasteiger partial charge >= 0.3 is 0 Å². The van der Waals surface area contributed by atoms with Crippen LogP contribution >= 0.6 is 11.6 Å². The fraction of sp³-hybridized carbons (Fsp3) is 0.429. The van der Waals surface area contributed by atoms with Crippen LogP contribution in [-0.2, 0) is 4.79 Å². The van der Waals surface area contributed by atoms with Gasteiger partial charge in [0.1, 0.15) is 0 Å². The van der Waals surface area contributed by atoms with Gasteiger partial charge in [-0.1, -0.05) is 25.4 Å². The molecule has 1 aromatic rings. The molecule has 0 unspecified atom stereocenters. The third-order valence-electron chi connectivity index (χ3n) is 2.78. The molecule has 0 saturated carbocycles. The zero-order valence-electron chi connectivity index (χ0n) is 11.9. The Kier molecular flexibility index (Phi) is 5.98. The summed E-state index contributed by atoms with van der Waals surface area (Å²) in [5.74, 6) is -0.235. The predicted molar refractivity (Wildman–Crippen MR) is 80.9 cm³/mol. The van der Waals surface area contributed by atoms with E-state index >= 15 is 0 Å². The molecule has 1 aromatic carbocycles. The largest absolute Gasteiger partial charge is 0.355 e. The number of nitrogens with two attached hydrogens (primary N) is 1. The first kappa shape index (κ1) is 16.5. The molecule has 0 heterocycles. The van der Waals surface area contributed by atoms with Gasteiger partial charge in [-0.15, -0.1) is 0 Å². The summed E-state index contributed by atoms with van der Waals surface area (Å²) in [5.41, 5.74) is 6.61. The maximum absolute atomic E-state index is 12.0. The van der Waals surface area contributed by atoms with Crippen molar-refractivity contribution in [2.75, 3.05) is 12.4 Å². The molecular formula is C14H20ClN3O2. The molecule has 110 valence electrons. The molecule has 5 nitrogen and oxygen atoms in total. The number of hydrogen-bond donors (Lipinski definition) is 3. The zero-order chi connectivity index (χ0) is 15.3. The molecule has 0 fully saturated rings. The van der Waals surface area contributed by atoms with Crippen molar-refractivity contribution in [1.82, 2.24) is 5.32 Å². The number of carbonyl (C=O) groups excluding carboxylic acids is 2. The summed E-state index contributed by atoms with van der Waals surface area (Å²) in [7, 11) is 1.54. The van der Waals surface area contributed by atoms with Crippen molar-refractivity contribution in [2.45, 2.75) is 26.3 Å². The Morgan fingerprint density at radius 2 is 2.00 bits per heavy atom. The van der Waals surface area contributed by atoms with Crippen LogP contribution in [-0.4, -0.2) is 24.9 Å². The van der Waals surface area contributed by atoms with E-state index in [9.17, 15) is 9.59 Å². The summed E-state index contributed by atoms with van der Waals surface area (Å²) < 4.78 is 0. The fourth-order valence-electron chi connectivity index (χ4n) is 1.75. The first-order valence-corrected chi connectivity index (χ1v) is 6.81. The molecule has 1 rings (SSSR count). The van der Waals surface area contributed by atoms with Crippen molar-refractivity contribution in [1.29, 1.82) is 0 Å². The number of amides is 2. The van der Waals surface area contributed by atoms with Crippen LogP contribution in [0.4, 0.5) is 5.69 Å². The summed E-state index contributed by atoms with van der Waals surface area (Å²) in [5, 5.41) is 5.53. The van der Waals surface area contributed by atoms with Crippen molar-refractivity contribution >= 4 is 29.1 Å². The molecule has 1 atom stereocenters. The van der Waals surface area contributed by atoms with Crippen LogP contribution in [0.25, 0.3) is 0 Å². The summed E-state index contributed by atoms with van der Waals surface area (Å²) in [6, 6.07) is 4.08. The number of nitrogens with one attached hydrogen (secondary N) is 2. The Morgan fingerprint density at radius 1 is 1.35 bits per heavy atom. The monoisotopic (exact) mass is 297 g/mol. The van der Waals surface area contributed by atoms with E-state index in [1.54, 1.807) is 12.1 Å². The smallest absolute Gasteiger partial charge is 0.251 e. The third kappa shape index (κ3) is 4.51. The summed E-state index contributed by atoms with van der Waals surface area (Å²) in [6.45, 7) is 3.98. The molecule has 2 amide bonds. The van der Waals surface area contributed by atoms with Gasteiger partial charge in [0, 0.05) is 12.6 Å². The zero-order valence-corrected chi connectivity index (χ0v) is 12.6. The lowest BCUT2D eigenvalue weighted by Gasteiger charge is -2.15. The van der Waals surface area contributed by atoms with Gasteiger partial charge < -0.3 is 16.4 Å². The van der Waals surface area contributed by atoms with Gasteiger partial charge in [-0.25, -0.2) is 0 Å². The molecule has 20 heavy (non-hydrogen) atoms. The van der Waals surface area contributed by atoms with Crippen LogP contribution in [0.1, 0.15) is 30.6 Å². The van der Waals surface area contributed by atoms with Gasteiger partial charge in [0.15, 0.2) is 0 Å². The Balaban J connectivity index is 2.86. The van der Waals surface area contributed by atoms with E-state index in [0.29, 0.717) is 28.6 Å². The second-order valence-corrected chi connectivity index (χ2v) is 5.41. The molecular weight excluding hydrogens is 278 g/mol. The number of hydrogen-bond acceptors (Lipinski definition) is 3. The normalized spacial score (nSPS) is 12.1. The lowest BCUT2D eigenvalue weighted by molar-refractivity contribution is -0.117. The summed E-state index contributed by atoms with van der Waals surface area (Å²) >= 11 is 6.01. The lowest BCUT2D eigenvalue weighted by Crippen LogP contribution is -2.36. The highest BCUT2D eigenvalue weighted by atomic mass is 35.5. The number of benzene rings is 1. The van der Waals surface area contributed by atoms with E-state index in [1.807, 2.05) is 13.8 Å².